The summed E-state index contributed by atoms with van der Waals surface area (Å²) in [5.41, 5.74) is 2.07. The smallest absolute Gasteiger partial charge is 0.191 e. The fourth-order valence-electron chi connectivity index (χ4n) is 2.65. The first-order chi connectivity index (χ1) is 13.2. The molecule has 2 rings (SSSR count). The van der Waals surface area contributed by atoms with Gasteiger partial charge in [0.25, 0.3) is 0 Å². The summed E-state index contributed by atoms with van der Waals surface area (Å²) in [6.07, 6.45) is 1.66. The Labute approximate surface area is 184 Å². The fourth-order valence-corrected chi connectivity index (χ4v) is 2.65. The van der Waals surface area contributed by atoms with Gasteiger partial charge in [-0.2, -0.15) is 0 Å². The van der Waals surface area contributed by atoms with Crippen molar-refractivity contribution in [3.8, 4) is 11.5 Å². The summed E-state index contributed by atoms with van der Waals surface area (Å²) >= 11 is 0. The van der Waals surface area contributed by atoms with Crippen LogP contribution in [-0.2, 0) is 19.4 Å². The van der Waals surface area contributed by atoms with Gasteiger partial charge in [0.05, 0.1) is 25.9 Å². The van der Waals surface area contributed by atoms with E-state index in [0.29, 0.717) is 19.7 Å². The van der Waals surface area contributed by atoms with Gasteiger partial charge in [-0.1, -0.05) is 25.1 Å². The van der Waals surface area contributed by atoms with Gasteiger partial charge in [0.15, 0.2) is 5.96 Å². The summed E-state index contributed by atoms with van der Waals surface area (Å²) in [7, 11) is 1.64. The van der Waals surface area contributed by atoms with Crippen LogP contribution in [0.1, 0.15) is 37.8 Å². The van der Waals surface area contributed by atoms with Gasteiger partial charge in [-0.05, 0) is 25.5 Å². The molecular formula is C20H31IN4O3. The van der Waals surface area contributed by atoms with E-state index in [0.717, 1.165) is 53.9 Å². The molecule has 2 N–H and O–H groups in total. The van der Waals surface area contributed by atoms with Crippen molar-refractivity contribution in [2.24, 2.45) is 4.99 Å². The molecule has 0 aliphatic carbocycles. The molecule has 1 heterocycles. The molecule has 0 fully saturated rings. The van der Waals surface area contributed by atoms with E-state index in [9.17, 15) is 0 Å². The van der Waals surface area contributed by atoms with Crippen LogP contribution in [0.15, 0.2) is 33.8 Å². The Hall–Kier alpha value is -1.97. The predicted molar refractivity (Wildman–Crippen MR) is 122 cm³/mol. The zero-order valence-corrected chi connectivity index (χ0v) is 19.4. The quantitative estimate of drug-likeness (QED) is 0.224. The monoisotopic (exact) mass is 502 g/mol. The van der Waals surface area contributed by atoms with Crippen molar-refractivity contribution in [1.29, 1.82) is 0 Å². The number of hydrogen-bond donors (Lipinski definition) is 2. The topological polar surface area (TPSA) is 80.9 Å². The van der Waals surface area contributed by atoms with Crippen LogP contribution in [0.3, 0.4) is 0 Å². The number of guanidine groups is 1. The molecule has 0 amide bonds. The van der Waals surface area contributed by atoms with Crippen LogP contribution in [0.25, 0.3) is 0 Å². The van der Waals surface area contributed by atoms with Crippen LogP contribution in [0.2, 0.25) is 0 Å². The molecular weight excluding hydrogens is 471 g/mol. The summed E-state index contributed by atoms with van der Waals surface area (Å²) in [5, 5.41) is 10.7. The van der Waals surface area contributed by atoms with Crippen molar-refractivity contribution in [2.75, 3.05) is 26.8 Å². The Morgan fingerprint density at radius 3 is 2.61 bits per heavy atom. The van der Waals surface area contributed by atoms with E-state index < -0.39 is 0 Å². The van der Waals surface area contributed by atoms with E-state index in [1.165, 1.54) is 0 Å². The second-order valence-electron chi connectivity index (χ2n) is 5.89. The van der Waals surface area contributed by atoms with Gasteiger partial charge in [-0.25, -0.2) is 4.99 Å². The summed E-state index contributed by atoms with van der Waals surface area (Å²) in [5.74, 6) is 3.22. The number of ether oxygens (including phenoxy) is 2. The molecule has 156 valence electrons. The van der Waals surface area contributed by atoms with Crippen LogP contribution >= 0.6 is 24.0 Å². The number of rotatable bonds is 10. The number of hydrogen-bond acceptors (Lipinski definition) is 5. The van der Waals surface area contributed by atoms with E-state index in [4.69, 9.17) is 14.0 Å². The first-order valence-corrected chi connectivity index (χ1v) is 9.47. The third-order valence-corrected chi connectivity index (χ3v) is 4.05. The normalized spacial score (nSPS) is 10.9. The molecule has 0 saturated carbocycles. The predicted octanol–water partition coefficient (Wildman–Crippen LogP) is 3.56. The lowest BCUT2D eigenvalue weighted by Gasteiger charge is -2.12. The second-order valence-corrected chi connectivity index (χ2v) is 5.89. The van der Waals surface area contributed by atoms with Crippen LogP contribution < -0.4 is 20.1 Å². The van der Waals surface area contributed by atoms with Gasteiger partial charge in [0, 0.05) is 24.6 Å². The summed E-state index contributed by atoms with van der Waals surface area (Å²) < 4.78 is 16.4. The molecule has 0 saturated heterocycles. The van der Waals surface area contributed by atoms with Crippen LogP contribution in [-0.4, -0.2) is 37.9 Å². The second kappa shape index (κ2) is 13.2. The van der Waals surface area contributed by atoms with Crippen molar-refractivity contribution in [1.82, 2.24) is 15.8 Å². The Bertz CT molecular complexity index is 712. The van der Waals surface area contributed by atoms with Gasteiger partial charge in [0.1, 0.15) is 23.9 Å². The largest absolute Gasteiger partial charge is 0.497 e. The number of aryl methyl sites for hydroxylation is 2. The molecule has 28 heavy (non-hydrogen) atoms. The van der Waals surface area contributed by atoms with E-state index in [-0.39, 0.29) is 24.0 Å². The lowest BCUT2D eigenvalue weighted by Crippen LogP contribution is -2.39. The average molecular weight is 502 g/mol. The first-order valence-electron chi connectivity index (χ1n) is 9.47. The highest BCUT2D eigenvalue weighted by molar-refractivity contribution is 14.0. The minimum atomic E-state index is 0. The van der Waals surface area contributed by atoms with Crippen LogP contribution in [0.5, 0.6) is 11.5 Å². The van der Waals surface area contributed by atoms with Crippen molar-refractivity contribution in [3.05, 3.63) is 41.3 Å². The number of aromatic nitrogens is 1. The van der Waals surface area contributed by atoms with Crippen LogP contribution in [0.4, 0.5) is 0 Å². The molecule has 0 atom stereocenters. The van der Waals surface area contributed by atoms with Gasteiger partial charge >= 0.3 is 0 Å². The Morgan fingerprint density at radius 2 is 1.93 bits per heavy atom. The lowest BCUT2D eigenvalue weighted by atomic mass is 10.1. The Balaban J connectivity index is 0.00000392. The number of nitrogens with one attached hydrogen (secondary N) is 2. The number of methoxy groups -OCH3 is 1. The summed E-state index contributed by atoms with van der Waals surface area (Å²) in [6, 6.07) is 7.57. The van der Waals surface area contributed by atoms with E-state index in [1.807, 2.05) is 31.2 Å². The first kappa shape index (κ1) is 24.1. The molecule has 0 radical (unpaired) electrons. The SMILES string of the molecule is CCNC(=NCc1c(CC)noc1CC)NCCOc1cccc(OC)c1.I. The van der Waals surface area contributed by atoms with Gasteiger partial charge in [-0.15, -0.1) is 24.0 Å². The molecule has 0 bridgehead atoms. The van der Waals surface area contributed by atoms with Gasteiger partial charge in [0.2, 0.25) is 0 Å². The van der Waals surface area contributed by atoms with Crippen LogP contribution in [0, 0.1) is 0 Å². The zero-order valence-electron chi connectivity index (χ0n) is 17.1. The third-order valence-electron chi connectivity index (χ3n) is 4.05. The molecule has 1 aromatic carbocycles. The minimum absolute atomic E-state index is 0. The highest BCUT2D eigenvalue weighted by atomic mass is 127. The fraction of sp³-hybridized carbons (Fsp3) is 0.500. The van der Waals surface area contributed by atoms with Gasteiger partial charge in [-0.3, -0.25) is 0 Å². The number of aliphatic imine (C=N–C) groups is 1. The highest BCUT2D eigenvalue weighted by Gasteiger charge is 2.13. The molecule has 0 aliphatic heterocycles. The molecule has 8 heteroatoms. The number of halogens is 1. The molecule has 7 nitrogen and oxygen atoms in total. The molecule has 0 unspecified atom stereocenters. The minimum Gasteiger partial charge on any atom is -0.497 e. The number of benzene rings is 1. The maximum Gasteiger partial charge on any atom is 0.191 e. The Kier molecular flexibility index (Phi) is 11.4. The van der Waals surface area contributed by atoms with Crippen molar-refractivity contribution in [3.63, 3.8) is 0 Å². The third kappa shape index (κ3) is 7.21. The lowest BCUT2D eigenvalue weighted by molar-refractivity contribution is 0.319. The van der Waals surface area contributed by atoms with E-state index in [2.05, 4.69) is 34.6 Å². The summed E-state index contributed by atoms with van der Waals surface area (Å²) in [4.78, 5) is 4.66. The molecule has 1 aromatic heterocycles. The van der Waals surface area contributed by atoms with Gasteiger partial charge < -0.3 is 24.6 Å². The number of nitrogens with zero attached hydrogens (tertiary/aromatic N) is 2. The molecule has 0 spiro atoms. The van der Waals surface area contributed by atoms with Crippen molar-refractivity contribution in [2.45, 2.75) is 40.2 Å². The Morgan fingerprint density at radius 1 is 1.14 bits per heavy atom. The maximum atomic E-state index is 5.75. The molecule has 0 aliphatic rings. The molecule has 2 aromatic rings. The van der Waals surface area contributed by atoms with Crippen molar-refractivity contribution < 1.29 is 14.0 Å². The van der Waals surface area contributed by atoms with E-state index in [1.54, 1.807) is 7.11 Å². The maximum absolute atomic E-state index is 5.75. The zero-order chi connectivity index (χ0) is 19.5. The van der Waals surface area contributed by atoms with Crippen molar-refractivity contribution >= 4 is 29.9 Å². The average Bonchev–Trinajstić information content (AvgIpc) is 3.11. The standard InChI is InChI=1S/C20H30N4O3.HI/c1-5-18-17(19(6-2)27-24-18)14-23-20(21-7-3)22-11-12-26-16-10-8-9-15(13-16)25-4;/h8-10,13H,5-7,11-12,14H2,1-4H3,(H2,21,22,23);1H. The highest BCUT2D eigenvalue weighted by Crippen LogP contribution is 2.18. The van der Waals surface area contributed by atoms with E-state index >= 15 is 0 Å². The summed E-state index contributed by atoms with van der Waals surface area (Å²) in [6.45, 7) is 8.66.